The molecular weight excluding hydrogens is 352 g/mol. The summed E-state index contributed by atoms with van der Waals surface area (Å²) < 4.78 is 11.9. The lowest BCUT2D eigenvalue weighted by atomic mass is 10.1. The molecule has 0 spiro atoms. The zero-order valence-electron chi connectivity index (χ0n) is 11.3. The first-order valence-corrected chi connectivity index (χ1v) is 7.97. The number of methoxy groups -OCH3 is 1. The van der Waals surface area contributed by atoms with Crippen LogP contribution < -0.4 is 10.1 Å². The van der Waals surface area contributed by atoms with Crippen molar-refractivity contribution in [2.45, 2.75) is 6.54 Å². The standard InChI is InChI=1S/C15H13BrN2O2S/c1-19-13-5-11(18-6-10-4-15(16)21-8-10)2-3-12(13)14-7-17-9-20-14/h2-5,7-9,18H,6H2,1H3. The maximum Gasteiger partial charge on any atom is 0.181 e. The van der Waals surface area contributed by atoms with Gasteiger partial charge in [0, 0.05) is 18.3 Å². The van der Waals surface area contributed by atoms with Crippen molar-refractivity contribution in [3.63, 3.8) is 0 Å². The summed E-state index contributed by atoms with van der Waals surface area (Å²) in [5, 5.41) is 5.50. The van der Waals surface area contributed by atoms with Gasteiger partial charge in [-0.05, 0) is 45.1 Å². The number of aromatic nitrogens is 1. The number of hydrogen-bond donors (Lipinski definition) is 1. The highest BCUT2D eigenvalue weighted by Crippen LogP contribution is 2.32. The number of anilines is 1. The van der Waals surface area contributed by atoms with E-state index in [9.17, 15) is 0 Å². The summed E-state index contributed by atoms with van der Waals surface area (Å²) in [6.45, 7) is 0.771. The van der Waals surface area contributed by atoms with Crippen molar-refractivity contribution in [2.24, 2.45) is 0 Å². The predicted octanol–water partition coefficient (Wildman–Crippen LogP) is 4.79. The number of oxazole rings is 1. The minimum Gasteiger partial charge on any atom is -0.496 e. The number of thiophene rings is 1. The molecule has 6 heteroatoms. The number of ether oxygens (including phenoxy) is 1. The molecule has 0 aliphatic heterocycles. The molecule has 4 nitrogen and oxygen atoms in total. The second-order valence-corrected chi connectivity index (χ2v) is 6.68. The summed E-state index contributed by atoms with van der Waals surface area (Å²) in [6.07, 6.45) is 3.09. The fourth-order valence-electron chi connectivity index (χ4n) is 2.00. The molecule has 0 saturated carbocycles. The van der Waals surface area contributed by atoms with Gasteiger partial charge in [0.1, 0.15) is 5.75 Å². The Labute approximate surface area is 134 Å². The van der Waals surface area contributed by atoms with Gasteiger partial charge in [-0.2, -0.15) is 0 Å². The van der Waals surface area contributed by atoms with Crippen LogP contribution >= 0.6 is 27.3 Å². The summed E-state index contributed by atoms with van der Waals surface area (Å²) in [5.41, 5.74) is 3.13. The number of benzene rings is 1. The van der Waals surface area contributed by atoms with E-state index in [-0.39, 0.29) is 0 Å². The molecule has 2 aromatic heterocycles. The summed E-state index contributed by atoms with van der Waals surface area (Å²) in [7, 11) is 1.65. The highest BCUT2D eigenvalue weighted by atomic mass is 79.9. The topological polar surface area (TPSA) is 47.3 Å². The molecule has 0 aliphatic carbocycles. The third-order valence-corrected chi connectivity index (χ3v) is 4.57. The molecule has 2 heterocycles. The lowest BCUT2D eigenvalue weighted by Crippen LogP contribution is -1.98. The van der Waals surface area contributed by atoms with Crippen LogP contribution in [-0.2, 0) is 6.54 Å². The Morgan fingerprint density at radius 1 is 1.38 bits per heavy atom. The fraction of sp³-hybridized carbons (Fsp3) is 0.133. The van der Waals surface area contributed by atoms with Gasteiger partial charge in [-0.25, -0.2) is 4.98 Å². The van der Waals surface area contributed by atoms with Gasteiger partial charge in [0.2, 0.25) is 0 Å². The van der Waals surface area contributed by atoms with Crippen LogP contribution in [-0.4, -0.2) is 12.1 Å². The molecule has 0 amide bonds. The first kappa shape index (κ1) is 14.2. The van der Waals surface area contributed by atoms with Gasteiger partial charge in [-0.1, -0.05) is 0 Å². The van der Waals surface area contributed by atoms with Crippen LogP contribution in [0.25, 0.3) is 11.3 Å². The van der Waals surface area contributed by atoms with Crippen LogP contribution in [0.4, 0.5) is 5.69 Å². The number of nitrogens with zero attached hydrogens (tertiary/aromatic N) is 1. The van der Waals surface area contributed by atoms with Crippen LogP contribution in [0.3, 0.4) is 0 Å². The number of rotatable bonds is 5. The molecule has 0 aliphatic rings. The van der Waals surface area contributed by atoms with Crippen LogP contribution in [0.1, 0.15) is 5.56 Å². The molecule has 3 aromatic rings. The highest BCUT2D eigenvalue weighted by Gasteiger charge is 2.10. The number of nitrogens with one attached hydrogen (secondary N) is 1. The first-order chi connectivity index (χ1) is 10.3. The van der Waals surface area contributed by atoms with E-state index in [0.29, 0.717) is 5.76 Å². The average molecular weight is 365 g/mol. The lowest BCUT2D eigenvalue weighted by Gasteiger charge is -2.10. The first-order valence-electron chi connectivity index (χ1n) is 6.30. The maximum absolute atomic E-state index is 5.43. The quantitative estimate of drug-likeness (QED) is 0.707. The van der Waals surface area contributed by atoms with Gasteiger partial charge in [-0.3, -0.25) is 0 Å². The molecule has 21 heavy (non-hydrogen) atoms. The van der Waals surface area contributed by atoms with Gasteiger partial charge in [0.15, 0.2) is 12.2 Å². The second-order valence-electron chi connectivity index (χ2n) is 4.39. The largest absolute Gasteiger partial charge is 0.496 e. The highest BCUT2D eigenvalue weighted by molar-refractivity contribution is 9.11. The van der Waals surface area contributed by atoms with E-state index in [1.807, 2.05) is 18.2 Å². The van der Waals surface area contributed by atoms with Crippen molar-refractivity contribution >= 4 is 33.0 Å². The Kier molecular flexibility index (Phi) is 4.26. The normalized spacial score (nSPS) is 10.6. The Morgan fingerprint density at radius 2 is 2.29 bits per heavy atom. The Hall–Kier alpha value is -1.79. The zero-order valence-corrected chi connectivity index (χ0v) is 13.7. The van der Waals surface area contributed by atoms with E-state index in [0.717, 1.165) is 27.3 Å². The lowest BCUT2D eigenvalue weighted by molar-refractivity contribution is 0.415. The molecule has 1 aromatic carbocycles. The van der Waals surface area contributed by atoms with E-state index in [2.05, 4.69) is 37.7 Å². The molecule has 3 rings (SSSR count). The van der Waals surface area contributed by atoms with Crippen molar-refractivity contribution in [1.29, 1.82) is 0 Å². The molecular formula is C15H13BrN2O2S. The molecule has 0 unspecified atom stereocenters. The summed E-state index contributed by atoms with van der Waals surface area (Å²) in [5.74, 6) is 1.45. The SMILES string of the molecule is COc1cc(NCc2csc(Br)c2)ccc1-c1cnco1. The van der Waals surface area contributed by atoms with E-state index in [4.69, 9.17) is 9.15 Å². The minimum atomic E-state index is 0.695. The average Bonchev–Trinajstić information content (AvgIpc) is 3.16. The Balaban J connectivity index is 1.78. The van der Waals surface area contributed by atoms with Crippen molar-refractivity contribution < 1.29 is 9.15 Å². The van der Waals surface area contributed by atoms with Crippen molar-refractivity contribution in [1.82, 2.24) is 4.98 Å². The summed E-state index contributed by atoms with van der Waals surface area (Å²) in [4.78, 5) is 3.93. The van der Waals surface area contributed by atoms with E-state index in [1.54, 1.807) is 24.6 Å². The van der Waals surface area contributed by atoms with Crippen LogP contribution in [0.15, 0.2) is 50.4 Å². The second kappa shape index (κ2) is 6.32. The molecule has 0 radical (unpaired) electrons. The Bertz CT molecular complexity index is 725. The smallest absolute Gasteiger partial charge is 0.181 e. The van der Waals surface area contributed by atoms with E-state index in [1.165, 1.54) is 12.0 Å². The van der Waals surface area contributed by atoms with Crippen LogP contribution in [0, 0.1) is 0 Å². The van der Waals surface area contributed by atoms with Crippen molar-refractivity contribution in [3.8, 4) is 17.1 Å². The molecule has 0 saturated heterocycles. The van der Waals surface area contributed by atoms with Crippen LogP contribution in [0.2, 0.25) is 0 Å². The van der Waals surface area contributed by atoms with Crippen LogP contribution in [0.5, 0.6) is 5.75 Å². The molecule has 0 bridgehead atoms. The molecule has 1 N–H and O–H groups in total. The molecule has 0 fully saturated rings. The van der Waals surface area contributed by atoms with Gasteiger partial charge in [0.05, 0.1) is 22.7 Å². The van der Waals surface area contributed by atoms with Crippen molar-refractivity contribution in [2.75, 3.05) is 12.4 Å². The van der Waals surface area contributed by atoms with Gasteiger partial charge >= 0.3 is 0 Å². The molecule has 0 atom stereocenters. The predicted molar refractivity (Wildman–Crippen MR) is 87.8 cm³/mol. The number of hydrogen-bond acceptors (Lipinski definition) is 5. The van der Waals surface area contributed by atoms with Gasteiger partial charge < -0.3 is 14.5 Å². The number of halogens is 1. The monoisotopic (exact) mass is 364 g/mol. The minimum absolute atomic E-state index is 0.695. The van der Waals surface area contributed by atoms with Gasteiger partial charge in [0.25, 0.3) is 0 Å². The third-order valence-electron chi connectivity index (χ3n) is 3.02. The van der Waals surface area contributed by atoms with Gasteiger partial charge in [-0.15, -0.1) is 11.3 Å². The molecule has 108 valence electrons. The fourth-order valence-corrected chi connectivity index (χ4v) is 3.21. The zero-order chi connectivity index (χ0) is 14.7. The maximum atomic E-state index is 5.43. The Morgan fingerprint density at radius 3 is 2.95 bits per heavy atom. The van der Waals surface area contributed by atoms with E-state index >= 15 is 0 Å². The van der Waals surface area contributed by atoms with E-state index < -0.39 is 0 Å². The summed E-state index contributed by atoms with van der Waals surface area (Å²) in [6, 6.07) is 8.03. The summed E-state index contributed by atoms with van der Waals surface area (Å²) >= 11 is 5.15. The van der Waals surface area contributed by atoms with Crippen molar-refractivity contribution in [3.05, 3.63) is 51.6 Å². The third kappa shape index (κ3) is 3.28.